The Hall–Kier alpha value is -0.625. The van der Waals surface area contributed by atoms with Crippen molar-refractivity contribution in [3.05, 3.63) is 23.2 Å². The molecule has 0 aromatic heterocycles. The molecule has 0 N–H and O–H groups in total. The second-order valence-electron chi connectivity index (χ2n) is 2.12. The molecule has 0 saturated carbocycles. The van der Waals surface area contributed by atoms with E-state index in [4.69, 9.17) is 16.3 Å². The molecule has 0 spiro atoms. The summed E-state index contributed by atoms with van der Waals surface area (Å²) in [6.07, 6.45) is 0. The molecule has 0 unspecified atom stereocenters. The molecule has 1 aromatic rings. The maximum atomic E-state index is 5.81. The number of rotatable bonds is 1. The third-order valence-corrected chi connectivity index (χ3v) is 1.79. The fourth-order valence-corrected chi connectivity index (χ4v) is 0.871. The highest BCUT2D eigenvalue weighted by atomic mass is 35.5. The Morgan fingerprint density at radius 1 is 1.50 bits per heavy atom. The molecule has 0 radical (unpaired) electrons. The predicted molar refractivity (Wildman–Crippen MR) is 46.2 cm³/mol. The van der Waals surface area contributed by atoms with Gasteiger partial charge in [0.25, 0.3) is 0 Å². The van der Waals surface area contributed by atoms with E-state index in [9.17, 15) is 0 Å². The zero-order chi connectivity index (χ0) is 7.56. The van der Waals surface area contributed by atoms with Gasteiger partial charge < -0.3 is 4.74 Å². The van der Waals surface area contributed by atoms with Gasteiger partial charge >= 0.3 is 0 Å². The van der Waals surface area contributed by atoms with E-state index in [1.165, 1.54) is 0 Å². The van der Waals surface area contributed by atoms with Crippen LogP contribution in [0.3, 0.4) is 0 Å². The highest BCUT2D eigenvalue weighted by Crippen LogP contribution is 2.13. The molecule has 0 amide bonds. The van der Waals surface area contributed by atoms with Crippen molar-refractivity contribution in [2.24, 2.45) is 0 Å². The topological polar surface area (TPSA) is 9.23 Å². The number of ether oxygens (including phenoxy) is 1. The van der Waals surface area contributed by atoms with Crippen molar-refractivity contribution in [2.45, 2.75) is 0 Å². The van der Waals surface area contributed by atoms with E-state index in [2.05, 4.69) is 0 Å². The van der Waals surface area contributed by atoms with E-state index < -0.39 is 0 Å². The number of halogens is 1. The van der Waals surface area contributed by atoms with E-state index in [0.717, 1.165) is 16.2 Å². The lowest BCUT2D eigenvalue weighted by Crippen LogP contribution is -2.02. The van der Waals surface area contributed by atoms with Gasteiger partial charge in [0.05, 0.1) is 7.11 Å². The number of hydrogen-bond donors (Lipinski definition) is 0. The van der Waals surface area contributed by atoms with Crippen LogP contribution in [-0.4, -0.2) is 15.0 Å². The van der Waals surface area contributed by atoms with Crippen LogP contribution in [-0.2, 0) is 0 Å². The van der Waals surface area contributed by atoms with E-state index >= 15 is 0 Å². The van der Waals surface area contributed by atoms with Crippen molar-refractivity contribution < 1.29 is 4.74 Å². The molecule has 0 aliphatic heterocycles. The minimum Gasteiger partial charge on any atom is -0.497 e. The summed E-state index contributed by atoms with van der Waals surface area (Å²) >= 11 is 5.81. The fraction of sp³-hybridized carbons (Fsp3) is 0.143. The molecule has 0 fully saturated rings. The number of methoxy groups -OCH3 is 1. The molecule has 0 atom stereocenters. The number of hydrogen-bond acceptors (Lipinski definition) is 1. The van der Waals surface area contributed by atoms with Crippen molar-refractivity contribution in [3.8, 4) is 5.75 Å². The van der Waals surface area contributed by atoms with Gasteiger partial charge in [-0.3, -0.25) is 0 Å². The molecule has 1 aromatic carbocycles. The second-order valence-corrected chi connectivity index (χ2v) is 2.52. The van der Waals surface area contributed by atoms with Gasteiger partial charge in [-0.25, -0.2) is 0 Å². The Kier molecular flexibility index (Phi) is 2.23. The Labute approximate surface area is 66.4 Å². The van der Waals surface area contributed by atoms with Gasteiger partial charge in [0.2, 0.25) is 0 Å². The average Bonchev–Trinajstić information content (AvgIpc) is 1.95. The molecular formula is C7H8BClO. The van der Waals surface area contributed by atoms with Crippen LogP contribution < -0.4 is 10.2 Å². The van der Waals surface area contributed by atoms with Crippen LogP contribution in [0.25, 0.3) is 0 Å². The zero-order valence-corrected chi connectivity index (χ0v) is 6.77. The van der Waals surface area contributed by atoms with Crippen LogP contribution in [0.4, 0.5) is 0 Å². The van der Waals surface area contributed by atoms with Gasteiger partial charge in [-0.15, -0.1) is 0 Å². The molecule has 0 aliphatic rings. The van der Waals surface area contributed by atoms with Crippen LogP contribution in [0.5, 0.6) is 5.75 Å². The van der Waals surface area contributed by atoms with Crippen LogP contribution in [0.2, 0.25) is 5.02 Å². The summed E-state index contributed by atoms with van der Waals surface area (Å²) in [5.41, 5.74) is 1.07. The van der Waals surface area contributed by atoms with Crippen LogP contribution in [0.15, 0.2) is 18.2 Å². The molecular weight excluding hydrogens is 146 g/mol. The second kappa shape index (κ2) is 2.97. The first-order valence-corrected chi connectivity index (χ1v) is 3.42. The monoisotopic (exact) mass is 154 g/mol. The summed E-state index contributed by atoms with van der Waals surface area (Å²) in [5, 5.41) is 0.749. The van der Waals surface area contributed by atoms with Crippen molar-refractivity contribution in [2.75, 3.05) is 7.11 Å². The largest absolute Gasteiger partial charge is 0.497 e. The first kappa shape index (κ1) is 7.48. The molecule has 0 heterocycles. The SMILES string of the molecule is Bc1ccc(OC)cc1Cl. The van der Waals surface area contributed by atoms with Crippen molar-refractivity contribution in [1.29, 1.82) is 0 Å². The van der Waals surface area contributed by atoms with Gasteiger partial charge in [0.1, 0.15) is 13.6 Å². The van der Waals surface area contributed by atoms with Crippen LogP contribution in [0, 0.1) is 0 Å². The Morgan fingerprint density at radius 2 is 2.20 bits per heavy atom. The van der Waals surface area contributed by atoms with Crippen molar-refractivity contribution >= 4 is 24.9 Å². The van der Waals surface area contributed by atoms with E-state index in [0.29, 0.717) is 0 Å². The lowest BCUT2D eigenvalue weighted by Gasteiger charge is -2.00. The normalized spacial score (nSPS) is 9.40. The van der Waals surface area contributed by atoms with Crippen LogP contribution >= 0.6 is 11.6 Å². The third-order valence-electron chi connectivity index (χ3n) is 1.38. The average molecular weight is 154 g/mol. The third kappa shape index (κ3) is 1.45. The molecule has 10 heavy (non-hydrogen) atoms. The summed E-state index contributed by atoms with van der Waals surface area (Å²) in [5.74, 6) is 0.801. The van der Waals surface area contributed by atoms with Crippen molar-refractivity contribution in [3.63, 3.8) is 0 Å². The summed E-state index contributed by atoms with van der Waals surface area (Å²) < 4.78 is 4.97. The molecule has 3 heteroatoms. The Bertz CT molecular complexity index is 237. The lowest BCUT2D eigenvalue weighted by atomic mass is 9.96. The van der Waals surface area contributed by atoms with Crippen molar-refractivity contribution in [1.82, 2.24) is 0 Å². The summed E-state index contributed by atoms with van der Waals surface area (Å²) in [4.78, 5) is 0. The molecule has 0 bridgehead atoms. The lowest BCUT2D eigenvalue weighted by molar-refractivity contribution is 0.415. The number of benzene rings is 1. The van der Waals surface area contributed by atoms with Gasteiger partial charge in [-0.1, -0.05) is 23.1 Å². The fourth-order valence-electron chi connectivity index (χ4n) is 0.701. The van der Waals surface area contributed by atoms with E-state index in [1.807, 2.05) is 20.0 Å². The zero-order valence-electron chi connectivity index (χ0n) is 6.02. The maximum absolute atomic E-state index is 5.81. The summed E-state index contributed by atoms with van der Waals surface area (Å²) in [7, 11) is 3.59. The standard InChI is InChI=1S/C7H8BClO/c1-10-5-2-3-6(8)7(9)4-5/h2-4H,8H2,1H3. The van der Waals surface area contributed by atoms with Gasteiger partial charge in [0.15, 0.2) is 0 Å². The van der Waals surface area contributed by atoms with E-state index in [-0.39, 0.29) is 0 Å². The van der Waals surface area contributed by atoms with Gasteiger partial charge in [-0.05, 0) is 12.1 Å². The molecule has 52 valence electrons. The molecule has 0 saturated heterocycles. The van der Waals surface area contributed by atoms with Crippen LogP contribution in [0.1, 0.15) is 0 Å². The predicted octanol–water partition coefficient (Wildman–Crippen LogP) is 0.607. The maximum Gasteiger partial charge on any atom is 0.141 e. The highest BCUT2D eigenvalue weighted by molar-refractivity contribution is 6.45. The minimum absolute atomic E-state index is 0.749. The van der Waals surface area contributed by atoms with Gasteiger partial charge in [-0.2, -0.15) is 0 Å². The Morgan fingerprint density at radius 3 is 2.70 bits per heavy atom. The first-order valence-electron chi connectivity index (χ1n) is 3.04. The summed E-state index contributed by atoms with van der Waals surface area (Å²) in [6, 6.07) is 5.62. The molecule has 1 rings (SSSR count). The quantitative estimate of drug-likeness (QED) is 0.539. The molecule has 0 aliphatic carbocycles. The van der Waals surface area contributed by atoms with Gasteiger partial charge in [0, 0.05) is 5.02 Å². The summed E-state index contributed by atoms with van der Waals surface area (Å²) in [6.45, 7) is 0. The first-order chi connectivity index (χ1) is 4.74. The Balaban J connectivity index is 3.04. The smallest absolute Gasteiger partial charge is 0.141 e. The molecule has 1 nitrogen and oxygen atoms in total. The minimum atomic E-state index is 0.749. The van der Waals surface area contributed by atoms with E-state index in [1.54, 1.807) is 13.2 Å². The highest BCUT2D eigenvalue weighted by Gasteiger charge is 1.95.